The smallest absolute Gasteiger partial charge is 0.0638 e. The zero-order valence-electron chi connectivity index (χ0n) is 11.1. The molecule has 0 saturated heterocycles. The van der Waals surface area contributed by atoms with E-state index in [4.69, 9.17) is 0 Å². The van der Waals surface area contributed by atoms with Gasteiger partial charge < -0.3 is 5.32 Å². The Hall–Kier alpha value is -0.830. The molecule has 3 heteroatoms. The fraction of sp³-hybridized carbons (Fsp3) is 0.769. The molecule has 92 valence electrons. The molecule has 1 aromatic heterocycles. The highest BCUT2D eigenvalue weighted by atomic mass is 15.1. The maximum atomic E-state index is 4.19. The van der Waals surface area contributed by atoms with Gasteiger partial charge in [-0.25, -0.2) is 0 Å². The first-order chi connectivity index (χ1) is 7.61. The second kappa shape index (κ2) is 6.69. The summed E-state index contributed by atoms with van der Waals surface area (Å²) in [5.41, 5.74) is 3.63. The Morgan fingerprint density at radius 1 is 1.25 bits per heavy atom. The van der Waals surface area contributed by atoms with Crippen LogP contribution < -0.4 is 5.32 Å². The van der Waals surface area contributed by atoms with Crippen molar-refractivity contribution in [3.05, 3.63) is 17.0 Å². The van der Waals surface area contributed by atoms with Crippen LogP contribution in [0.3, 0.4) is 0 Å². The molecule has 1 heterocycles. The van der Waals surface area contributed by atoms with E-state index in [0.717, 1.165) is 24.7 Å². The SMILES string of the molecule is Cc1n[nH]c(C)c1CNCCCCC(C)C. The van der Waals surface area contributed by atoms with Crippen LogP contribution in [0.1, 0.15) is 50.1 Å². The lowest BCUT2D eigenvalue weighted by Crippen LogP contribution is -2.15. The van der Waals surface area contributed by atoms with E-state index in [2.05, 4.69) is 43.2 Å². The molecule has 0 radical (unpaired) electrons. The highest BCUT2D eigenvalue weighted by Crippen LogP contribution is 2.09. The molecule has 0 aromatic carbocycles. The monoisotopic (exact) mass is 223 g/mol. The van der Waals surface area contributed by atoms with Crippen molar-refractivity contribution in [2.75, 3.05) is 6.54 Å². The van der Waals surface area contributed by atoms with Crippen molar-refractivity contribution >= 4 is 0 Å². The summed E-state index contributed by atoms with van der Waals surface area (Å²) < 4.78 is 0. The van der Waals surface area contributed by atoms with Gasteiger partial charge in [0, 0.05) is 17.8 Å². The highest BCUT2D eigenvalue weighted by Gasteiger charge is 2.04. The van der Waals surface area contributed by atoms with Gasteiger partial charge in [0.25, 0.3) is 0 Å². The number of hydrogen-bond acceptors (Lipinski definition) is 2. The number of unbranched alkanes of at least 4 members (excludes halogenated alkanes) is 1. The lowest BCUT2D eigenvalue weighted by molar-refractivity contribution is 0.520. The van der Waals surface area contributed by atoms with Crippen LogP contribution >= 0.6 is 0 Å². The zero-order chi connectivity index (χ0) is 12.0. The minimum Gasteiger partial charge on any atom is -0.313 e. The van der Waals surface area contributed by atoms with Crippen LogP contribution in [-0.4, -0.2) is 16.7 Å². The lowest BCUT2D eigenvalue weighted by Gasteiger charge is -2.06. The Kier molecular flexibility index (Phi) is 5.53. The van der Waals surface area contributed by atoms with Crippen molar-refractivity contribution in [3.63, 3.8) is 0 Å². The second-order valence-corrected chi connectivity index (χ2v) is 4.98. The molecule has 0 bridgehead atoms. The molecule has 0 spiro atoms. The van der Waals surface area contributed by atoms with Crippen molar-refractivity contribution in [1.29, 1.82) is 0 Å². The molecular formula is C13H25N3. The Morgan fingerprint density at radius 3 is 2.56 bits per heavy atom. The number of hydrogen-bond donors (Lipinski definition) is 2. The van der Waals surface area contributed by atoms with Crippen molar-refractivity contribution in [2.24, 2.45) is 5.92 Å². The third-order valence-corrected chi connectivity index (χ3v) is 2.97. The number of nitrogens with one attached hydrogen (secondary N) is 2. The van der Waals surface area contributed by atoms with E-state index in [1.165, 1.54) is 30.5 Å². The Morgan fingerprint density at radius 2 is 2.00 bits per heavy atom. The summed E-state index contributed by atoms with van der Waals surface area (Å²) in [6, 6.07) is 0. The first-order valence-electron chi connectivity index (χ1n) is 6.32. The van der Waals surface area contributed by atoms with Crippen LogP contribution in [0.4, 0.5) is 0 Å². The van der Waals surface area contributed by atoms with E-state index in [1.807, 2.05) is 0 Å². The standard InChI is InChI=1S/C13H25N3/c1-10(2)7-5-6-8-14-9-13-11(3)15-16-12(13)4/h10,14H,5-9H2,1-4H3,(H,15,16). The summed E-state index contributed by atoms with van der Waals surface area (Å²) >= 11 is 0. The average Bonchev–Trinajstić information content (AvgIpc) is 2.53. The number of H-pyrrole nitrogens is 1. The molecule has 0 unspecified atom stereocenters. The first-order valence-corrected chi connectivity index (χ1v) is 6.32. The van der Waals surface area contributed by atoms with Crippen LogP contribution in [0.2, 0.25) is 0 Å². The zero-order valence-corrected chi connectivity index (χ0v) is 11.1. The summed E-state index contributed by atoms with van der Waals surface area (Å²) in [6.07, 6.45) is 3.94. The first kappa shape index (κ1) is 13.2. The Bertz CT molecular complexity index is 283. The second-order valence-electron chi connectivity index (χ2n) is 4.98. The van der Waals surface area contributed by atoms with Gasteiger partial charge in [-0.1, -0.05) is 26.7 Å². The molecule has 0 aliphatic heterocycles. The number of rotatable bonds is 7. The number of aryl methyl sites for hydroxylation is 2. The largest absolute Gasteiger partial charge is 0.313 e. The number of nitrogens with zero attached hydrogens (tertiary/aromatic N) is 1. The molecule has 0 aliphatic carbocycles. The summed E-state index contributed by atoms with van der Waals surface area (Å²) in [5, 5.41) is 10.7. The van der Waals surface area contributed by atoms with Gasteiger partial charge in [-0.3, -0.25) is 5.10 Å². The van der Waals surface area contributed by atoms with Crippen LogP contribution in [0.15, 0.2) is 0 Å². The van der Waals surface area contributed by atoms with Crippen LogP contribution in [0, 0.1) is 19.8 Å². The van der Waals surface area contributed by atoms with Gasteiger partial charge in [0.05, 0.1) is 5.69 Å². The summed E-state index contributed by atoms with van der Waals surface area (Å²) in [4.78, 5) is 0. The lowest BCUT2D eigenvalue weighted by atomic mass is 10.1. The third-order valence-electron chi connectivity index (χ3n) is 2.97. The van der Waals surface area contributed by atoms with Gasteiger partial charge >= 0.3 is 0 Å². The highest BCUT2D eigenvalue weighted by molar-refractivity contribution is 5.22. The summed E-state index contributed by atoms with van der Waals surface area (Å²) in [6.45, 7) is 10.7. The van der Waals surface area contributed by atoms with Crippen LogP contribution in [0.5, 0.6) is 0 Å². The van der Waals surface area contributed by atoms with E-state index in [1.54, 1.807) is 0 Å². The van der Waals surface area contributed by atoms with Crippen molar-refractivity contribution < 1.29 is 0 Å². The van der Waals surface area contributed by atoms with Crippen molar-refractivity contribution in [1.82, 2.24) is 15.5 Å². The minimum absolute atomic E-state index is 0.832. The number of aromatic amines is 1. The molecule has 0 fully saturated rings. The topological polar surface area (TPSA) is 40.7 Å². The molecule has 0 aliphatic rings. The molecule has 0 atom stereocenters. The molecule has 0 saturated carbocycles. The van der Waals surface area contributed by atoms with Crippen LogP contribution in [0.25, 0.3) is 0 Å². The van der Waals surface area contributed by atoms with E-state index in [9.17, 15) is 0 Å². The van der Waals surface area contributed by atoms with Crippen molar-refractivity contribution in [2.45, 2.75) is 53.5 Å². The van der Waals surface area contributed by atoms with E-state index in [-0.39, 0.29) is 0 Å². The summed E-state index contributed by atoms with van der Waals surface area (Å²) in [5.74, 6) is 0.832. The number of aromatic nitrogens is 2. The third kappa shape index (κ3) is 4.35. The molecule has 16 heavy (non-hydrogen) atoms. The summed E-state index contributed by atoms with van der Waals surface area (Å²) in [7, 11) is 0. The quantitative estimate of drug-likeness (QED) is 0.698. The predicted molar refractivity (Wildman–Crippen MR) is 68.5 cm³/mol. The van der Waals surface area contributed by atoms with Gasteiger partial charge in [-0.2, -0.15) is 5.10 Å². The van der Waals surface area contributed by atoms with Gasteiger partial charge in [-0.15, -0.1) is 0 Å². The van der Waals surface area contributed by atoms with Gasteiger partial charge in [-0.05, 0) is 32.7 Å². The van der Waals surface area contributed by atoms with Gasteiger partial charge in [0.1, 0.15) is 0 Å². The molecule has 2 N–H and O–H groups in total. The normalized spacial score (nSPS) is 11.3. The molecule has 1 rings (SSSR count). The fourth-order valence-electron chi connectivity index (χ4n) is 1.85. The van der Waals surface area contributed by atoms with Crippen LogP contribution in [-0.2, 0) is 6.54 Å². The van der Waals surface area contributed by atoms with Crippen molar-refractivity contribution in [3.8, 4) is 0 Å². The van der Waals surface area contributed by atoms with E-state index < -0.39 is 0 Å². The fourth-order valence-corrected chi connectivity index (χ4v) is 1.85. The predicted octanol–water partition coefficient (Wildman–Crippen LogP) is 2.94. The molecule has 1 aromatic rings. The average molecular weight is 223 g/mol. The van der Waals surface area contributed by atoms with Gasteiger partial charge in [0.2, 0.25) is 0 Å². The minimum atomic E-state index is 0.832. The Balaban J connectivity index is 2.12. The van der Waals surface area contributed by atoms with E-state index in [0.29, 0.717) is 0 Å². The maximum Gasteiger partial charge on any atom is 0.0638 e. The maximum absolute atomic E-state index is 4.19. The van der Waals surface area contributed by atoms with E-state index >= 15 is 0 Å². The molecular weight excluding hydrogens is 198 g/mol. The Labute approximate surface area is 99.0 Å². The van der Waals surface area contributed by atoms with Gasteiger partial charge in [0.15, 0.2) is 0 Å². The molecule has 0 amide bonds. The molecule has 3 nitrogen and oxygen atoms in total.